The van der Waals surface area contributed by atoms with E-state index in [2.05, 4.69) is 33.9 Å². The van der Waals surface area contributed by atoms with Crippen LogP contribution in [0.1, 0.15) is 136 Å². The third-order valence-corrected chi connectivity index (χ3v) is 7.50. The van der Waals surface area contributed by atoms with Gasteiger partial charge in [0, 0.05) is 12.7 Å². The van der Waals surface area contributed by atoms with E-state index in [0.29, 0.717) is 6.10 Å². The molecule has 1 atom stereocenters. The summed E-state index contributed by atoms with van der Waals surface area (Å²) >= 11 is 0. The molecule has 0 aliphatic heterocycles. The van der Waals surface area contributed by atoms with Crippen molar-refractivity contribution in [1.82, 2.24) is 0 Å². The molecule has 0 aromatic carbocycles. The van der Waals surface area contributed by atoms with E-state index >= 15 is 0 Å². The zero-order chi connectivity index (χ0) is 20.9. The summed E-state index contributed by atoms with van der Waals surface area (Å²) in [5.41, 5.74) is 0. The summed E-state index contributed by atoms with van der Waals surface area (Å²) in [6.45, 7) is 11.9. The summed E-state index contributed by atoms with van der Waals surface area (Å²) < 4.78 is 12.2. The highest BCUT2D eigenvalue weighted by Gasteiger charge is 2.26. The van der Waals surface area contributed by atoms with E-state index < -0.39 is 8.56 Å². The Morgan fingerprint density at radius 3 is 1.36 bits per heavy atom. The molecule has 28 heavy (non-hydrogen) atoms. The topological polar surface area (TPSA) is 18.5 Å². The standard InChI is InChI=1S/C25H54O2Si/c1-6-8-9-10-11-12-13-14-15-16-17-18-19-20-21-22-24-26-28(4,5)27-25(3)23-7-2/h25H,6-24H2,1-5H3. The van der Waals surface area contributed by atoms with Crippen LogP contribution in [0.5, 0.6) is 0 Å². The Hall–Kier alpha value is 0.137. The quantitative estimate of drug-likeness (QED) is 0.130. The summed E-state index contributed by atoms with van der Waals surface area (Å²) in [4.78, 5) is 0. The first-order chi connectivity index (χ1) is 13.5. The lowest BCUT2D eigenvalue weighted by molar-refractivity contribution is 0.123. The van der Waals surface area contributed by atoms with Crippen molar-refractivity contribution in [2.45, 2.75) is 156 Å². The van der Waals surface area contributed by atoms with Gasteiger partial charge in [-0.3, -0.25) is 0 Å². The first-order valence-corrected chi connectivity index (χ1v) is 15.6. The molecule has 1 unspecified atom stereocenters. The van der Waals surface area contributed by atoms with Gasteiger partial charge in [0.25, 0.3) is 0 Å². The Morgan fingerprint density at radius 2 is 0.964 bits per heavy atom. The molecular weight excluding hydrogens is 360 g/mol. The first kappa shape index (κ1) is 28.1. The fourth-order valence-electron chi connectivity index (χ4n) is 3.95. The zero-order valence-corrected chi connectivity index (χ0v) is 21.3. The second-order valence-electron chi connectivity index (χ2n) is 9.27. The molecule has 0 radical (unpaired) electrons. The molecule has 0 saturated carbocycles. The number of unbranched alkanes of at least 4 members (excludes halogenated alkanes) is 15. The van der Waals surface area contributed by atoms with E-state index in [1.54, 1.807) is 0 Å². The smallest absolute Gasteiger partial charge is 0.331 e. The number of rotatable bonds is 22. The monoisotopic (exact) mass is 414 g/mol. The Morgan fingerprint density at radius 1 is 0.571 bits per heavy atom. The fourth-order valence-corrected chi connectivity index (χ4v) is 5.74. The predicted molar refractivity (Wildman–Crippen MR) is 128 cm³/mol. The normalized spacial score (nSPS) is 13.2. The molecule has 2 nitrogen and oxygen atoms in total. The maximum absolute atomic E-state index is 6.12. The second kappa shape index (κ2) is 20.4. The molecule has 3 heteroatoms. The highest BCUT2D eigenvalue weighted by Crippen LogP contribution is 2.16. The van der Waals surface area contributed by atoms with Gasteiger partial charge in [0.15, 0.2) is 0 Å². The van der Waals surface area contributed by atoms with E-state index in [1.807, 2.05) is 0 Å². The van der Waals surface area contributed by atoms with E-state index in [1.165, 1.54) is 109 Å². The van der Waals surface area contributed by atoms with Crippen LogP contribution in [0.4, 0.5) is 0 Å². The summed E-state index contributed by atoms with van der Waals surface area (Å²) in [5, 5.41) is 0. The molecule has 0 fully saturated rings. The molecule has 0 N–H and O–H groups in total. The van der Waals surface area contributed by atoms with Crippen LogP contribution in [0.3, 0.4) is 0 Å². The maximum Gasteiger partial charge on any atom is 0.331 e. The molecular formula is C25H54O2Si. The van der Waals surface area contributed by atoms with Gasteiger partial charge in [0.2, 0.25) is 0 Å². The molecule has 0 saturated heterocycles. The first-order valence-electron chi connectivity index (χ1n) is 12.8. The second-order valence-corrected chi connectivity index (χ2v) is 12.6. The van der Waals surface area contributed by atoms with Crippen LogP contribution >= 0.6 is 0 Å². The van der Waals surface area contributed by atoms with Gasteiger partial charge in [0.05, 0.1) is 0 Å². The van der Waals surface area contributed by atoms with Crippen LogP contribution in [0.2, 0.25) is 13.1 Å². The summed E-state index contributed by atoms with van der Waals surface area (Å²) in [6.07, 6.45) is 25.3. The number of hydrogen-bond acceptors (Lipinski definition) is 2. The molecule has 0 amide bonds. The molecule has 0 heterocycles. The van der Waals surface area contributed by atoms with Gasteiger partial charge in [0.1, 0.15) is 0 Å². The summed E-state index contributed by atoms with van der Waals surface area (Å²) in [5.74, 6) is 0. The highest BCUT2D eigenvalue weighted by molar-refractivity contribution is 6.64. The lowest BCUT2D eigenvalue weighted by Crippen LogP contribution is -2.38. The summed E-state index contributed by atoms with van der Waals surface area (Å²) in [7, 11) is -1.91. The van der Waals surface area contributed by atoms with Crippen LogP contribution in [0.25, 0.3) is 0 Å². The van der Waals surface area contributed by atoms with Crippen molar-refractivity contribution in [1.29, 1.82) is 0 Å². The predicted octanol–water partition coefficient (Wildman–Crippen LogP) is 9.17. The third kappa shape index (κ3) is 20.9. The van der Waals surface area contributed by atoms with Gasteiger partial charge in [-0.15, -0.1) is 0 Å². The minimum atomic E-state index is -1.91. The van der Waals surface area contributed by atoms with Crippen LogP contribution in [0, 0.1) is 0 Å². The fraction of sp³-hybridized carbons (Fsp3) is 1.00. The van der Waals surface area contributed by atoms with E-state index in [-0.39, 0.29) is 0 Å². The molecule has 0 aromatic rings. The Balaban J connectivity index is 3.25. The van der Waals surface area contributed by atoms with E-state index in [9.17, 15) is 0 Å². The molecule has 0 aliphatic rings. The molecule has 0 bridgehead atoms. The minimum absolute atomic E-state index is 0.345. The average Bonchev–Trinajstić information content (AvgIpc) is 2.64. The molecule has 0 rings (SSSR count). The maximum atomic E-state index is 6.12. The molecule has 170 valence electrons. The van der Waals surface area contributed by atoms with Crippen LogP contribution in [-0.4, -0.2) is 21.3 Å². The van der Waals surface area contributed by atoms with Crippen molar-refractivity contribution in [3.8, 4) is 0 Å². The van der Waals surface area contributed by atoms with Crippen LogP contribution in [0.15, 0.2) is 0 Å². The van der Waals surface area contributed by atoms with Gasteiger partial charge in [-0.25, -0.2) is 0 Å². The molecule has 0 aromatic heterocycles. The minimum Gasteiger partial charge on any atom is -0.395 e. The van der Waals surface area contributed by atoms with Gasteiger partial charge in [-0.05, 0) is 32.9 Å². The largest absolute Gasteiger partial charge is 0.395 e. The Labute approximate surface area is 179 Å². The zero-order valence-electron chi connectivity index (χ0n) is 20.3. The van der Waals surface area contributed by atoms with Gasteiger partial charge in [-0.2, -0.15) is 0 Å². The Bertz CT molecular complexity index is 307. The van der Waals surface area contributed by atoms with Crippen LogP contribution in [-0.2, 0) is 8.85 Å². The van der Waals surface area contributed by atoms with Gasteiger partial charge >= 0.3 is 8.56 Å². The SMILES string of the molecule is CCCCCCCCCCCCCCCCCCO[Si](C)(C)OC(C)CCC. The summed E-state index contributed by atoms with van der Waals surface area (Å²) in [6, 6.07) is 0. The van der Waals surface area contributed by atoms with E-state index in [0.717, 1.165) is 13.0 Å². The molecule has 0 spiro atoms. The molecule has 0 aliphatic carbocycles. The van der Waals surface area contributed by atoms with Crippen molar-refractivity contribution in [3.05, 3.63) is 0 Å². The number of hydrogen-bond donors (Lipinski definition) is 0. The van der Waals surface area contributed by atoms with Crippen molar-refractivity contribution in [3.63, 3.8) is 0 Å². The van der Waals surface area contributed by atoms with Crippen LogP contribution < -0.4 is 0 Å². The van der Waals surface area contributed by atoms with Crippen molar-refractivity contribution in [2.75, 3.05) is 6.61 Å². The van der Waals surface area contributed by atoms with Gasteiger partial charge < -0.3 is 8.85 Å². The van der Waals surface area contributed by atoms with Crippen molar-refractivity contribution >= 4 is 8.56 Å². The third-order valence-electron chi connectivity index (χ3n) is 5.63. The van der Waals surface area contributed by atoms with Crippen molar-refractivity contribution in [2.24, 2.45) is 0 Å². The van der Waals surface area contributed by atoms with Gasteiger partial charge in [-0.1, -0.05) is 117 Å². The highest BCUT2D eigenvalue weighted by atomic mass is 28.4. The average molecular weight is 415 g/mol. The lowest BCUT2D eigenvalue weighted by Gasteiger charge is -2.26. The Kier molecular flexibility index (Phi) is 20.5. The lowest BCUT2D eigenvalue weighted by atomic mass is 10.0. The van der Waals surface area contributed by atoms with E-state index in [4.69, 9.17) is 8.85 Å². The van der Waals surface area contributed by atoms with Crippen molar-refractivity contribution < 1.29 is 8.85 Å².